The van der Waals surface area contributed by atoms with Crippen LogP contribution in [0, 0.1) is 26.7 Å². The number of hydrogen-bond donors (Lipinski definition) is 1. The van der Waals surface area contributed by atoms with E-state index in [2.05, 4.69) is 5.32 Å². The Hall–Kier alpha value is -2.62. The first-order chi connectivity index (χ1) is 11.5. The monoisotopic (exact) mass is 322 g/mol. The summed E-state index contributed by atoms with van der Waals surface area (Å²) in [6.45, 7) is 6.46. The Labute approximate surface area is 142 Å². The summed E-state index contributed by atoms with van der Waals surface area (Å²) in [4.78, 5) is 26.6. The van der Waals surface area contributed by atoms with E-state index >= 15 is 0 Å². The van der Waals surface area contributed by atoms with Gasteiger partial charge in [-0.1, -0.05) is 24.3 Å². The van der Waals surface area contributed by atoms with E-state index in [9.17, 15) is 9.59 Å². The molecule has 0 saturated carbocycles. The fourth-order valence-electron chi connectivity index (χ4n) is 3.05. The minimum Gasteiger partial charge on any atom is -0.326 e. The predicted octanol–water partition coefficient (Wildman–Crippen LogP) is 3.60. The molecular weight excluding hydrogens is 300 g/mol. The van der Waals surface area contributed by atoms with Crippen molar-refractivity contribution in [3.05, 3.63) is 59.2 Å². The predicted molar refractivity (Wildman–Crippen MR) is 96.2 cm³/mol. The smallest absolute Gasteiger partial charge is 0.229 e. The van der Waals surface area contributed by atoms with Gasteiger partial charge in [0.15, 0.2) is 0 Å². The maximum Gasteiger partial charge on any atom is 0.229 e. The normalized spacial score (nSPS) is 17.2. The summed E-state index contributed by atoms with van der Waals surface area (Å²) in [6.07, 6.45) is 0.255. The van der Waals surface area contributed by atoms with Gasteiger partial charge in [-0.25, -0.2) is 0 Å². The molecular formula is C20H22N2O2. The molecule has 2 amide bonds. The molecule has 124 valence electrons. The third kappa shape index (κ3) is 3.18. The summed E-state index contributed by atoms with van der Waals surface area (Å²) in [7, 11) is 0. The van der Waals surface area contributed by atoms with Crippen LogP contribution in [0.4, 0.5) is 11.4 Å². The molecule has 3 rings (SSSR count). The Morgan fingerprint density at radius 1 is 1.04 bits per heavy atom. The van der Waals surface area contributed by atoms with Crippen molar-refractivity contribution >= 4 is 23.2 Å². The van der Waals surface area contributed by atoms with Crippen LogP contribution in [0.2, 0.25) is 0 Å². The van der Waals surface area contributed by atoms with Gasteiger partial charge in [-0.2, -0.15) is 0 Å². The second-order valence-corrected chi connectivity index (χ2v) is 6.48. The van der Waals surface area contributed by atoms with Crippen molar-refractivity contribution in [3.63, 3.8) is 0 Å². The van der Waals surface area contributed by atoms with Crippen LogP contribution >= 0.6 is 0 Å². The number of nitrogens with one attached hydrogen (secondary N) is 1. The van der Waals surface area contributed by atoms with E-state index in [4.69, 9.17) is 0 Å². The fraction of sp³-hybridized carbons (Fsp3) is 0.300. The Bertz CT molecular complexity index is 798. The van der Waals surface area contributed by atoms with Gasteiger partial charge in [-0.15, -0.1) is 0 Å². The summed E-state index contributed by atoms with van der Waals surface area (Å²) in [5.74, 6) is -0.411. The molecule has 1 N–H and O–H groups in total. The summed E-state index contributed by atoms with van der Waals surface area (Å²) in [5.41, 5.74) is 5.04. The number of carbonyl (C=O) groups excluding carboxylic acids is 2. The van der Waals surface area contributed by atoms with Gasteiger partial charge in [0.25, 0.3) is 0 Å². The second-order valence-electron chi connectivity index (χ2n) is 6.48. The minimum atomic E-state index is -0.321. The van der Waals surface area contributed by atoms with E-state index in [-0.39, 0.29) is 24.2 Å². The van der Waals surface area contributed by atoms with Crippen LogP contribution in [0.5, 0.6) is 0 Å². The number of anilines is 2. The maximum atomic E-state index is 12.5. The lowest BCUT2D eigenvalue weighted by molar-refractivity contribution is -0.122. The van der Waals surface area contributed by atoms with Crippen molar-refractivity contribution < 1.29 is 9.59 Å². The third-order valence-corrected chi connectivity index (χ3v) is 4.68. The lowest BCUT2D eigenvalue weighted by atomic mass is 10.1. The molecule has 0 radical (unpaired) electrons. The molecule has 0 aromatic heterocycles. The lowest BCUT2D eigenvalue weighted by Gasteiger charge is -2.19. The number of amides is 2. The van der Waals surface area contributed by atoms with Crippen molar-refractivity contribution in [2.45, 2.75) is 27.2 Å². The van der Waals surface area contributed by atoms with Crippen LogP contribution in [0.1, 0.15) is 23.1 Å². The molecule has 1 fully saturated rings. The Balaban J connectivity index is 1.72. The van der Waals surface area contributed by atoms with E-state index in [0.29, 0.717) is 6.54 Å². The van der Waals surface area contributed by atoms with Gasteiger partial charge in [0.2, 0.25) is 11.8 Å². The number of benzene rings is 2. The van der Waals surface area contributed by atoms with Crippen LogP contribution in [0.3, 0.4) is 0 Å². The molecule has 1 atom stereocenters. The molecule has 1 heterocycles. The van der Waals surface area contributed by atoms with Crippen molar-refractivity contribution in [2.24, 2.45) is 5.92 Å². The molecule has 0 spiro atoms. The summed E-state index contributed by atoms with van der Waals surface area (Å²) in [6, 6.07) is 13.6. The van der Waals surface area contributed by atoms with Crippen LogP contribution in [0.15, 0.2) is 42.5 Å². The molecule has 24 heavy (non-hydrogen) atoms. The highest BCUT2D eigenvalue weighted by molar-refractivity contribution is 6.03. The van der Waals surface area contributed by atoms with E-state index in [1.165, 1.54) is 5.56 Å². The van der Waals surface area contributed by atoms with Gasteiger partial charge >= 0.3 is 0 Å². The van der Waals surface area contributed by atoms with E-state index in [1.807, 2.05) is 63.2 Å². The topological polar surface area (TPSA) is 49.4 Å². The number of rotatable bonds is 3. The highest BCUT2D eigenvalue weighted by Gasteiger charge is 2.35. The zero-order valence-electron chi connectivity index (χ0n) is 14.3. The third-order valence-electron chi connectivity index (χ3n) is 4.68. The van der Waals surface area contributed by atoms with E-state index in [1.54, 1.807) is 4.90 Å². The quantitative estimate of drug-likeness (QED) is 0.938. The standard InChI is InChI=1S/C20H22N2O2/c1-13-8-9-17(10-15(13)3)21-20(24)16-11-19(23)22(12-16)18-7-5-4-6-14(18)2/h4-10,16H,11-12H2,1-3H3,(H,21,24). The molecule has 1 aliphatic rings. The van der Waals surface area contributed by atoms with Crippen LogP contribution in [-0.4, -0.2) is 18.4 Å². The van der Waals surface area contributed by atoms with Crippen LogP contribution in [-0.2, 0) is 9.59 Å². The molecule has 4 heteroatoms. The molecule has 1 aliphatic heterocycles. The lowest BCUT2D eigenvalue weighted by Crippen LogP contribution is -2.28. The fourth-order valence-corrected chi connectivity index (χ4v) is 3.05. The average Bonchev–Trinajstić information content (AvgIpc) is 2.93. The van der Waals surface area contributed by atoms with Crippen molar-refractivity contribution in [1.29, 1.82) is 0 Å². The second kappa shape index (κ2) is 6.48. The zero-order chi connectivity index (χ0) is 17.3. The molecule has 0 aliphatic carbocycles. The summed E-state index contributed by atoms with van der Waals surface area (Å²) >= 11 is 0. The first-order valence-electron chi connectivity index (χ1n) is 8.20. The van der Waals surface area contributed by atoms with Crippen LogP contribution in [0.25, 0.3) is 0 Å². The zero-order valence-corrected chi connectivity index (χ0v) is 14.3. The van der Waals surface area contributed by atoms with Gasteiger partial charge in [0.05, 0.1) is 5.92 Å². The summed E-state index contributed by atoms with van der Waals surface area (Å²) < 4.78 is 0. The number of nitrogens with zero attached hydrogens (tertiary/aromatic N) is 1. The van der Waals surface area contributed by atoms with Gasteiger partial charge < -0.3 is 10.2 Å². The van der Waals surface area contributed by atoms with Crippen molar-refractivity contribution in [3.8, 4) is 0 Å². The van der Waals surface area contributed by atoms with Gasteiger partial charge in [0, 0.05) is 24.3 Å². The van der Waals surface area contributed by atoms with Gasteiger partial charge in [-0.05, 0) is 55.7 Å². The van der Waals surface area contributed by atoms with Gasteiger partial charge in [-0.3, -0.25) is 9.59 Å². The average molecular weight is 322 g/mol. The SMILES string of the molecule is Cc1ccc(NC(=O)C2CC(=O)N(c3ccccc3C)C2)cc1C. The molecule has 2 aromatic rings. The number of aryl methyl sites for hydroxylation is 3. The van der Waals surface area contributed by atoms with E-state index < -0.39 is 0 Å². The Kier molecular flexibility index (Phi) is 4.38. The Morgan fingerprint density at radius 3 is 2.50 bits per heavy atom. The first-order valence-corrected chi connectivity index (χ1v) is 8.20. The first kappa shape index (κ1) is 16.2. The minimum absolute atomic E-state index is 0.00420. The molecule has 1 unspecified atom stereocenters. The largest absolute Gasteiger partial charge is 0.326 e. The van der Waals surface area contributed by atoms with E-state index in [0.717, 1.165) is 22.5 Å². The number of hydrogen-bond acceptors (Lipinski definition) is 2. The number of carbonyl (C=O) groups is 2. The van der Waals surface area contributed by atoms with Crippen LogP contribution < -0.4 is 10.2 Å². The maximum absolute atomic E-state index is 12.5. The molecule has 0 bridgehead atoms. The van der Waals surface area contributed by atoms with Crippen molar-refractivity contribution in [1.82, 2.24) is 0 Å². The number of para-hydroxylation sites is 1. The Morgan fingerprint density at radius 2 is 1.79 bits per heavy atom. The highest BCUT2D eigenvalue weighted by atomic mass is 16.2. The molecule has 2 aromatic carbocycles. The van der Waals surface area contributed by atoms with Gasteiger partial charge in [0.1, 0.15) is 0 Å². The summed E-state index contributed by atoms with van der Waals surface area (Å²) in [5, 5.41) is 2.94. The molecule has 1 saturated heterocycles. The van der Waals surface area contributed by atoms with Crippen molar-refractivity contribution in [2.75, 3.05) is 16.8 Å². The highest BCUT2D eigenvalue weighted by Crippen LogP contribution is 2.28. The molecule has 4 nitrogen and oxygen atoms in total.